The molecule has 0 aliphatic rings. The minimum absolute atomic E-state index is 0.00957. The van der Waals surface area contributed by atoms with Crippen molar-refractivity contribution in [2.24, 2.45) is 5.84 Å². The smallest absolute Gasteiger partial charge is 0.300 e. The van der Waals surface area contributed by atoms with Gasteiger partial charge in [-0.25, -0.2) is 5.84 Å². The highest BCUT2D eigenvalue weighted by atomic mass is 16.5. The fourth-order valence-corrected chi connectivity index (χ4v) is 2.01. The number of furan rings is 1. The minimum Gasteiger partial charge on any atom is -0.485 e. The van der Waals surface area contributed by atoms with Crippen molar-refractivity contribution in [2.45, 2.75) is 32.8 Å². The van der Waals surface area contributed by atoms with E-state index in [2.05, 4.69) is 20.8 Å². The van der Waals surface area contributed by atoms with E-state index in [9.17, 15) is 4.79 Å². The van der Waals surface area contributed by atoms with E-state index in [4.69, 9.17) is 15.0 Å². The summed E-state index contributed by atoms with van der Waals surface area (Å²) in [6.45, 7) is 6.65. The molecule has 0 bridgehead atoms. The summed E-state index contributed by atoms with van der Waals surface area (Å²) in [5, 5.41) is 0. The Kier molecular flexibility index (Phi) is 4.33. The number of hydrazine groups is 1. The molecule has 1 heterocycles. The van der Waals surface area contributed by atoms with Crippen LogP contribution in [0, 0.1) is 0 Å². The average molecular weight is 288 g/mol. The molecular weight excluding hydrogens is 268 g/mol. The zero-order valence-electron chi connectivity index (χ0n) is 12.5. The molecule has 1 aromatic heterocycles. The molecule has 5 nitrogen and oxygen atoms in total. The third-order valence-corrected chi connectivity index (χ3v) is 3.08. The number of rotatable bonds is 4. The van der Waals surface area contributed by atoms with Crippen LogP contribution in [-0.2, 0) is 12.0 Å². The summed E-state index contributed by atoms with van der Waals surface area (Å²) in [6.07, 6.45) is 0. The lowest BCUT2D eigenvalue weighted by Gasteiger charge is -2.22. The number of hydrogen-bond acceptors (Lipinski definition) is 4. The predicted octanol–water partition coefficient (Wildman–Crippen LogP) is 2.76. The Hall–Kier alpha value is -2.27. The first kappa shape index (κ1) is 15.1. The molecule has 2 rings (SSSR count). The summed E-state index contributed by atoms with van der Waals surface area (Å²) >= 11 is 0. The maximum atomic E-state index is 11.3. The van der Waals surface area contributed by atoms with Crippen LogP contribution in [0.3, 0.4) is 0 Å². The summed E-state index contributed by atoms with van der Waals surface area (Å²) in [5.74, 6) is 6.14. The number of ether oxygens (including phenoxy) is 1. The van der Waals surface area contributed by atoms with Gasteiger partial charge in [-0.05, 0) is 29.2 Å². The largest absolute Gasteiger partial charge is 0.485 e. The van der Waals surface area contributed by atoms with Crippen LogP contribution < -0.4 is 16.0 Å². The van der Waals surface area contributed by atoms with Gasteiger partial charge in [-0.1, -0.05) is 39.0 Å². The average Bonchev–Trinajstić information content (AvgIpc) is 2.92. The van der Waals surface area contributed by atoms with Crippen molar-refractivity contribution >= 4 is 5.91 Å². The van der Waals surface area contributed by atoms with Crippen molar-refractivity contribution in [1.82, 2.24) is 5.43 Å². The standard InChI is InChI=1S/C16H20N2O3/c1-16(2,3)12-6-4-5-7-13(12)20-10-11-8-9-14(21-11)15(19)18-17/h4-9H,10,17H2,1-3H3,(H,18,19). The number of benzene rings is 1. The van der Waals surface area contributed by atoms with Crippen LogP contribution in [0.4, 0.5) is 0 Å². The third-order valence-electron chi connectivity index (χ3n) is 3.08. The van der Waals surface area contributed by atoms with Gasteiger partial charge in [0.25, 0.3) is 0 Å². The molecule has 21 heavy (non-hydrogen) atoms. The SMILES string of the molecule is CC(C)(C)c1ccccc1OCc1ccc(C(=O)NN)o1. The van der Waals surface area contributed by atoms with Gasteiger partial charge in [0.1, 0.15) is 18.1 Å². The summed E-state index contributed by atoms with van der Waals surface area (Å²) < 4.78 is 11.2. The van der Waals surface area contributed by atoms with Gasteiger partial charge in [0.05, 0.1) is 0 Å². The molecule has 1 aromatic carbocycles. The van der Waals surface area contributed by atoms with Crippen LogP contribution in [0.1, 0.15) is 42.6 Å². The van der Waals surface area contributed by atoms with E-state index in [1.165, 1.54) is 0 Å². The van der Waals surface area contributed by atoms with E-state index in [-0.39, 0.29) is 17.8 Å². The van der Waals surface area contributed by atoms with Crippen LogP contribution in [0.15, 0.2) is 40.8 Å². The van der Waals surface area contributed by atoms with Crippen molar-refractivity contribution in [1.29, 1.82) is 0 Å². The van der Waals surface area contributed by atoms with Gasteiger partial charge < -0.3 is 9.15 Å². The molecule has 5 heteroatoms. The first-order valence-electron chi connectivity index (χ1n) is 6.74. The van der Waals surface area contributed by atoms with E-state index >= 15 is 0 Å². The number of amides is 1. The highest BCUT2D eigenvalue weighted by Gasteiger charge is 2.18. The predicted molar refractivity (Wildman–Crippen MR) is 79.8 cm³/mol. The number of nitrogens with two attached hydrogens (primary N) is 1. The molecule has 0 aliphatic heterocycles. The highest BCUT2D eigenvalue weighted by Crippen LogP contribution is 2.31. The molecule has 0 fully saturated rings. The molecular formula is C16H20N2O3. The number of para-hydroxylation sites is 1. The van der Waals surface area contributed by atoms with E-state index < -0.39 is 5.91 Å². The van der Waals surface area contributed by atoms with Gasteiger partial charge in [-0.2, -0.15) is 0 Å². The Labute approximate surface area is 124 Å². The highest BCUT2D eigenvalue weighted by molar-refractivity contribution is 5.90. The number of nitrogens with one attached hydrogen (secondary N) is 1. The first-order valence-corrected chi connectivity index (χ1v) is 6.74. The van der Waals surface area contributed by atoms with Crippen LogP contribution in [0.25, 0.3) is 0 Å². The Balaban J connectivity index is 2.10. The molecule has 3 N–H and O–H groups in total. The molecule has 0 aliphatic carbocycles. The van der Waals surface area contributed by atoms with Gasteiger partial charge in [-0.15, -0.1) is 0 Å². The van der Waals surface area contributed by atoms with Crippen LogP contribution in [0.5, 0.6) is 5.75 Å². The number of carbonyl (C=O) groups excluding carboxylic acids is 1. The van der Waals surface area contributed by atoms with Gasteiger partial charge in [0, 0.05) is 0 Å². The van der Waals surface area contributed by atoms with Crippen molar-refractivity contribution in [2.75, 3.05) is 0 Å². The number of nitrogen functional groups attached to an aromatic ring is 1. The van der Waals surface area contributed by atoms with E-state index in [0.717, 1.165) is 11.3 Å². The fraction of sp³-hybridized carbons (Fsp3) is 0.312. The number of carbonyl (C=O) groups is 1. The Morgan fingerprint density at radius 1 is 1.24 bits per heavy atom. The van der Waals surface area contributed by atoms with Gasteiger partial charge >= 0.3 is 5.91 Å². The lowest BCUT2D eigenvalue weighted by Crippen LogP contribution is -2.29. The van der Waals surface area contributed by atoms with Crippen LogP contribution in [-0.4, -0.2) is 5.91 Å². The summed E-state index contributed by atoms with van der Waals surface area (Å²) in [7, 11) is 0. The summed E-state index contributed by atoms with van der Waals surface area (Å²) in [6, 6.07) is 11.2. The Bertz CT molecular complexity index is 626. The molecule has 0 saturated heterocycles. The third kappa shape index (κ3) is 3.64. The minimum atomic E-state index is -0.462. The second-order valence-electron chi connectivity index (χ2n) is 5.77. The zero-order chi connectivity index (χ0) is 15.5. The normalized spacial score (nSPS) is 11.2. The first-order chi connectivity index (χ1) is 9.91. The second-order valence-corrected chi connectivity index (χ2v) is 5.77. The van der Waals surface area contributed by atoms with E-state index in [1.807, 2.05) is 29.7 Å². The van der Waals surface area contributed by atoms with Gasteiger partial charge in [0.15, 0.2) is 5.76 Å². The van der Waals surface area contributed by atoms with Crippen molar-refractivity contribution < 1.29 is 13.9 Å². The molecule has 112 valence electrons. The van der Waals surface area contributed by atoms with Crippen molar-refractivity contribution in [3.63, 3.8) is 0 Å². The van der Waals surface area contributed by atoms with Gasteiger partial charge in [-0.3, -0.25) is 10.2 Å². The van der Waals surface area contributed by atoms with Crippen LogP contribution in [0.2, 0.25) is 0 Å². The van der Waals surface area contributed by atoms with Crippen molar-refractivity contribution in [3.05, 3.63) is 53.5 Å². The number of hydrogen-bond donors (Lipinski definition) is 2. The molecule has 2 aromatic rings. The Morgan fingerprint density at radius 2 is 1.95 bits per heavy atom. The Morgan fingerprint density at radius 3 is 2.62 bits per heavy atom. The summed E-state index contributed by atoms with van der Waals surface area (Å²) in [4.78, 5) is 11.3. The molecule has 0 unspecified atom stereocenters. The lowest BCUT2D eigenvalue weighted by molar-refractivity contribution is 0.0922. The van der Waals surface area contributed by atoms with Gasteiger partial charge in [0.2, 0.25) is 0 Å². The van der Waals surface area contributed by atoms with Crippen LogP contribution >= 0.6 is 0 Å². The second kappa shape index (κ2) is 6.01. The van der Waals surface area contributed by atoms with Crippen molar-refractivity contribution in [3.8, 4) is 5.75 Å². The molecule has 0 spiro atoms. The molecule has 0 saturated carbocycles. The van der Waals surface area contributed by atoms with E-state index in [1.54, 1.807) is 12.1 Å². The molecule has 1 amide bonds. The molecule has 0 radical (unpaired) electrons. The monoisotopic (exact) mass is 288 g/mol. The van der Waals surface area contributed by atoms with E-state index in [0.29, 0.717) is 5.76 Å². The quantitative estimate of drug-likeness (QED) is 0.515. The molecule has 0 atom stereocenters. The zero-order valence-corrected chi connectivity index (χ0v) is 12.5. The summed E-state index contributed by atoms with van der Waals surface area (Å²) in [5.41, 5.74) is 3.14. The maximum absolute atomic E-state index is 11.3. The lowest BCUT2D eigenvalue weighted by atomic mass is 9.86. The fourth-order valence-electron chi connectivity index (χ4n) is 2.01. The topological polar surface area (TPSA) is 77.5 Å². The maximum Gasteiger partial charge on any atom is 0.300 e.